The van der Waals surface area contributed by atoms with Gasteiger partial charge in [-0.2, -0.15) is 10.5 Å². The summed E-state index contributed by atoms with van der Waals surface area (Å²) >= 11 is 0. The lowest BCUT2D eigenvalue weighted by atomic mass is 10.2. The lowest BCUT2D eigenvalue weighted by Crippen LogP contribution is -2.35. The lowest BCUT2D eigenvalue weighted by Gasteiger charge is -2.19. The number of carbonyl (C=O) groups is 2. The van der Waals surface area contributed by atoms with E-state index in [1.807, 2.05) is 12.1 Å². The molecule has 2 rings (SSSR count). The Labute approximate surface area is 150 Å². The molecule has 130 valence electrons. The van der Waals surface area contributed by atoms with E-state index in [1.165, 1.54) is 4.90 Å². The molecule has 1 amide bonds. The second kappa shape index (κ2) is 9.45. The van der Waals surface area contributed by atoms with Gasteiger partial charge in [0, 0.05) is 5.69 Å². The summed E-state index contributed by atoms with van der Waals surface area (Å²) in [5.74, 6) is -1.02. The van der Waals surface area contributed by atoms with E-state index in [-0.39, 0.29) is 12.3 Å². The molecule has 0 spiro atoms. The molecule has 26 heavy (non-hydrogen) atoms. The molecule has 7 nitrogen and oxygen atoms in total. The minimum absolute atomic E-state index is 0.160. The molecule has 2 aromatic carbocycles. The fourth-order valence-electron chi connectivity index (χ4n) is 2.09. The molecule has 0 aliphatic rings. The van der Waals surface area contributed by atoms with E-state index in [2.05, 4.69) is 0 Å². The molecule has 0 fully saturated rings. The molecule has 0 bridgehead atoms. The number of ether oxygens (including phenoxy) is 2. The van der Waals surface area contributed by atoms with Crippen LogP contribution in [0.5, 0.6) is 5.75 Å². The van der Waals surface area contributed by atoms with Crippen LogP contribution < -0.4 is 9.64 Å². The summed E-state index contributed by atoms with van der Waals surface area (Å²) in [5, 5.41) is 17.8. The summed E-state index contributed by atoms with van der Waals surface area (Å²) in [7, 11) is 0. The van der Waals surface area contributed by atoms with E-state index in [4.69, 9.17) is 20.0 Å². The van der Waals surface area contributed by atoms with E-state index in [9.17, 15) is 9.59 Å². The van der Waals surface area contributed by atoms with Crippen LogP contribution in [0.4, 0.5) is 5.69 Å². The molecule has 0 unspecified atom stereocenters. The van der Waals surface area contributed by atoms with Crippen molar-refractivity contribution in [3.05, 3.63) is 60.2 Å². The first kappa shape index (κ1) is 18.5. The summed E-state index contributed by atoms with van der Waals surface area (Å²) in [6.07, 6.45) is 0. The van der Waals surface area contributed by atoms with Gasteiger partial charge in [0.2, 0.25) is 0 Å². The van der Waals surface area contributed by atoms with E-state index < -0.39 is 25.1 Å². The Morgan fingerprint density at radius 1 is 0.962 bits per heavy atom. The van der Waals surface area contributed by atoms with Gasteiger partial charge in [0.05, 0.1) is 11.6 Å². The van der Waals surface area contributed by atoms with Crippen LogP contribution in [-0.4, -0.2) is 31.6 Å². The first-order valence-electron chi connectivity index (χ1n) is 7.65. The molecule has 0 N–H and O–H groups in total. The third-order valence-electron chi connectivity index (χ3n) is 3.31. The molecular weight excluding hydrogens is 334 g/mol. The number of rotatable bonds is 7. The average Bonchev–Trinajstić information content (AvgIpc) is 2.69. The molecule has 0 aromatic heterocycles. The third kappa shape index (κ3) is 5.08. The highest BCUT2D eigenvalue weighted by Crippen LogP contribution is 2.16. The topological polar surface area (TPSA) is 103 Å². The maximum absolute atomic E-state index is 12.2. The second-order valence-corrected chi connectivity index (χ2v) is 5.03. The van der Waals surface area contributed by atoms with Gasteiger partial charge in [-0.25, -0.2) is 4.79 Å². The molecule has 2 aromatic rings. The molecular formula is C19H15N3O4. The van der Waals surface area contributed by atoms with Gasteiger partial charge < -0.3 is 9.47 Å². The normalized spacial score (nSPS) is 9.46. The first-order chi connectivity index (χ1) is 12.7. The van der Waals surface area contributed by atoms with Gasteiger partial charge in [0.25, 0.3) is 5.91 Å². The van der Waals surface area contributed by atoms with Gasteiger partial charge in [-0.1, -0.05) is 30.3 Å². The zero-order valence-corrected chi connectivity index (χ0v) is 13.8. The van der Waals surface area contributed by atoms with Gasteiger partial charge in [-0.15, -0.1) is 0 Å². The summed E-state index contributed by atoms with van der Waals surface area (Å²) in [5.41, 5.74) is 0.829. The van der Waals surface area contributed by atoms with Crippen molar-refractivity contribution >= 4 is 17.6 Å². The van der Waals surface area contributed by atoms with Crippen LogP contribution in [0.2, 0.25) is 0 Å². The molecule has 0 saturated heterocycles. The highest BCUT2D eigenvalue weighted by molar-refractivity contribution is 5.95. The van der Waals surface area contributed by atoms with Crippen LogP contribution in [-0.2, 0) is 14.3 Å². The number of anilines is 1. The van der Waals surface area contributed by atoms with Crippen LogP contribution in [0.15, 0.2) is 54.6 Å². The monoisotopic (exact) mass is 349 g/mol. The summed E-state index contributed by atoms with van der Waals surface area (Å²) in [6, 6.07) is 18.9. The number of hydrogen-bond donors (Lipinski definition) is 0. The van der Waals surface area contributed by atoms with E-state index in [0.29, 0.717) is 11.3 Å². The number of hydrogen-bond acceptors (Lipinski definition) is 6. The van der Waals surface area contributed by atoms with Crippen molar-refractivity contribution in [2.45, 2.75) is 0 Å². The molecule has 0 atom stereocenters. The van der Waals surface area contributed by atoms with Crippen LogP contribution in [0, 0.1) is 22.7 Å². The molecule has 0 aliphatic carbocycles. The van der Waals surface area contributed by atoms with E-state index >= 15 is 0 Å². The van der Waals surface area contributed by atoms with Crippen molar-refractivity contribution < 1.29 is 19.1 Å². The summed E-state index contributed by atoms with van der Waals surface area (Å²) in [6.45, 7) is -1.11. The number of amides is 1. The van der Waals surface area contributed by atoms with Gasteiger partial charge in [-0.3, -0.25) is 9.69 Å². The largest absolute Gasteiger partial charge is 0.481 e. The predicted molar refractivity (Wildman–Crippen MR) is 92.0 cm³/mol. The van der Waals surface area contributed by atoms with Crippen molar-refractivity contribution in [3.8, 4) is 17.9 Å². The van der Waals surface area contributed by atoms with Crippen molar-refractivity contribution in [2.24, 2.45) is 0 Å². The zero-order chi connectivity index (χ0) is 18.8. The molecule has 0 saturated carbocycles. The predicted octanol–water partition coefficient (Wildman–Crippen LogP) is 2.04. The maximum Gasteiger partial charge on any atom is 0.344 e. The molecule has 0 aliphatic heterocycles. The Bertz CT molecular complexity index is 853. The first-order valence-corrected chi connectivity index (χ1v) is 7.65. The van der Waals surface area contributed by atoms with Crippen molar-refractivity contribution in [1.29, 1.82) is 10.5 Å². The minimum Gasteiger partial charge on any atom is -0.481 e. The Balaban J connectivity index is 1.88. The second-order valence-electron chi connectivity index (χ2n) is 5.03. The van der Waals surface area contributed by atoms with Gasteiger partial charge in [0.1, 0.15) is 18.4 Å². The SMILES string of the molecule is N#CCN(C(=O)COC(=O)COc1ccccc1C#N)c1ccccc1. The highest BCUT2D eigenvalue weighted by Gasteiger charge is 2.17. The number of para-hydroxylation sites is 2. The average molecular weight is 349 g/mol. The Morgan fingerprint density at radius 2 is 1.65 bits per heavy atom. The van der Waals surface area contributed by atoms with Gasteiger partial charge in [0.15, 0.2) is 13.2 Å². The summed E-state index contributed by atoms with van der Waals surface area (Å²) in [4.78, 5) is 25.2. The van der Waals surface area contributed by atoms with Crippen molar-refractivity contribution in [1.82, 2.24) is 0 Å². The Hall–Kier alpha value is -3.84. The number of benzene rings is 2. The standard InChI is InChI=1S/C19H15N3O4/c20-10-11-22(16-7-2-1-3-8-16)18(23)13-26-19(24)14-25-17-9-5-4-6-15(17)12-21/h1-9H,11,13-14H2. The summed E-state index contributed by atoms with van der Waals surface area (Å²) < 4.78 is 10.1. The fraction of sp³-hybridized carbons (Fsp3) is 0.158. The number of carbonyl (C=O) groups excluding carboxylic acids is 2. The fourth-order valence-corrected chi connectivity index (χ4v) is 2.09. The van der Waals surface area contributed by atoms with Gasteiger partial charge >= 0.3 is 5.97 Å². The lowest BCUT2D eigenvalue weighted by molar-refractivity contribution is -0.149. The number of nitriles is 2. The Morgan fingerprint density at radius 3 is 2.35 bits per heavy atom. The number of esters is 1. The van der Waals surface area contributed by atoms with Crippen LogP contribution in [0.1, 0.15) is 5.56 Å². The van der Waals surface area contributed by atoms with Crippen LogP contribution >= 0.6 is 0 Å². The van der Waals surface area contributed by atoms with Crippen LogP contribution in [0.25, 0.3) is 0 Å². The van der Waals surface area contributed by atoms with E-state index in [1.54, 1.807) is 54.6 Å². The maximum atomic E-state index is 12.2. The van der Waals surface area contributed by atoms with Crippen molar-refractivity contribution in [2.75, 3.05) is 24.7 Å². The number of nitrogens with zero attached hydrogens (tertiary/aromatic N) is 3. The Kier molecular flexibility index (Phi) is 6.73. The smallest absolute Gasteiger partial charge is 0.344 e. The molecule has 0 radical (unpaired) electrons. The molecule has 7 heteroatoms. The zero-order valence-electron chi connectivity index (χ0n) is 13.8. The quantitative estimate of drug-likeness (QED) is 0.560. The third-order valence-corrected chi connectivity index (χ3v) is 3.31. The van der Waals surface area contributed by atoms with Crippen molar-refractivity contribution in [3.63, 3.8) is 0 Å². The highest BCUT2D eigenvalue weighted by atomic mass is 16.6. The van der Waals surface area contributed by atoms with Crippen LogP contribution in [0.3, 0.4) is 0 Å². The van der Waals surface area contributed by atoms with E-state index in [0.717, 1.165) is 0 Å². The van der Waals surface area contributed by atoms with Gasteiger partial charge in [-0.05, 0) is 24.3 Å². The minimum atomic E-state index is -0.754. The molecule has 0 heterocycles.